The molecule has 35 heavy (non-hydrogen) atoms. The standard InChI is InChI=1S/C26H23FN2O5S/c1-19-6-2-3-10-25(19)28-26(30)29(18-23-9-5-15-33-23)17-20-7-4-8-22(16-20)34-35(31,32)24-13-11-21(27)12-14-24/h2-16H,17-18H2,1H3,(H,28,30). The first kappa shape index (κ1) is 24.0. The van der Waals surface area contributed by atoms with Gasteiger partial charge in [0.2, 0.25) is 0 Å². The molecule has 0 aliphatic carbocycles. The molecule has 0 aliphatic heterocycles. The number of halogens is 1. The highest BCUT2D eigenvalue weighted by Crippen LogP contribution is 2.22. The molecule has 180 valence electrons. The maximum atomic E-state index is 13.2. The maximum Gasteiger partial charge on any atom is 0.339 e. The van der Waals surface area contributed by atoms with Crippen molar-refractivity contribution in [1.29, 1.82) is 0 Å². The van der Waals surface area contributed by atoms with Crippen LogP contribution < -0.4 is 9.50 Å². The molecule has 2 amide bonds. The Labute approximate surface area is 202 Å². The summed E-state index contributed by atoms with van der Waals surface area (Å²) >= 11 is 0. The smallest absolute Gasteiger partial charge is 0.339 e. The summed E-state index contributed by atoms with van der Waals surface area (Å²) in [5.74, 6) is 0.117. The molecular weight excluding hydrogens is 471 g/mol. The lowest BCUT2D eigenvalue weighted by atomic mass is 10.2. The van der Waals surface area contributed by atoms with E-state index in [1.165, 1.54) is 18.4 Å². The zero-order valence-corrected chi connectivity index (χ0v) is 19.7. The van der Waals surface area contributed by atoms with E-state index in [0.717, 1.165) is 29.8 Å². The van der Waals surface area contributed by atoms with Crippen molar-refractivity contribution in [1.82, 2.24) is 4.90 Å². The van der Waals surface area contributed by atoms with Crippen molar-refractivity contribution in [2.24, 2.45) is 0 Å². The monoisotopic (exact) mass is 494 g/mol. The molecule has 0 spiro atoms. The van der Waals surface area contributed by atoms with E-state index >= 15 is 0 Å². The number of hydrogen-bond acceptors (Lipinski definition) is 5. The van der Waals surface area contributed by atoms with Gasteiger partial charge in [-0.2, -0.15) is 8.42 Å². The Morgan fingerprint density at radius 2 is 1.74 bits per heavy atom. The van der Waals surface area contributed by atoms with Crippen LogP contribution in [-0.4, -0.2) is 19.3 Å². The van der Waals surface area contributed by atoms with E-state index < -0.39 is 15.9 Å². The van der Waals surface area contributed by atoms with Crippen LogP contribution in [0.1, 0.15) is 16.9 Å². The van der Waals surface area contributed by atoms with Crippen LogP contribution in [0.2, 0.25) is 0 Å². The number of benzene rings is 3. The van der Waals surface area contributed by atoms with Crippen LogP contribution in [0.3, 0.4) is 0 Å². The zero-order valence-electron chi connectivity index (χ0n) is 18.8. The molecule has 1 heterocycles. The molecule has 1 N–H and O–H groups in total. The Kier molecular flexibility index (Phi) is 7.17. The van der Waals surface area contributed by atoms with Crippen LogP contribution >= 0.6 is 0 Å². The van der Waals surface area contributed by atoms with Crippen molar-refractivity contribution in [2.75, 3.05) is 5.32 Å². The van der Waals surface area contributed by atoms with Crippen LogP contribution in [0.5, 0.6) is 5.75 Å². The fourth-order valence-electron chi connectivity index (χ4n) is 3.39. The van der Waals surface area contributed by atoms with E-state index in [9.17, 15) is 17.6 Å². The third-order valence-corrected chi connectivity index (χ3v) is 6.44. The van der Waals surface area contributed by atoms with Crippen LogP contribution in [0, 0.1) is 12.7 Å². The number of furan rings is 1. The molecule has 0 unspecified atom stereocenters. The molecule has 0 atom stereocenters. The summed E-state index contributed by atoms with van der Waals surface area (Å²) in [6.45, 7) is 2.25. The molecular formula is C26H23FN2O5S. The lowest BCUT2D eigenvalue weighted by Gasteiger charge is -2.23. The second-order valence-electron chi connectivity index (χ2n) is 7.82. The number of para-hydroxylation sites is 1. The maximum absolute atomic E-state index is 13.2. The van der Waals surface area contributed by atoms with Crippen LogP contribution in [0.4, 0.5) is 14.9 Å². The number of urea groups is 1. The van der Waals surface area contributed by atoms with Gasteiger partial charge in [-0.15, -0.1) is 0 Å². The summed E-state index contributed by atoms with van der Waals surface area (Å²) < 4.78 is 49.0. The van der Waals surface area contributed by atoms with E-state index in [2.05, 4.69) is 5.32 Å². The largest absolute Gasteiger partial charge is 0.467 e. The number of carbonyl (C=O) groups excluding carboxylic acids is 1. The highest BCUT2D eigenvalue weighted by Gasteiger charge is 2.19. The SMILES string of the molecule is Cc1ccccc1NC(=O)N(Cc1cccc(OS(=O)(=O)c2ccc(F)cc2)c1)Cc1ccco1. The summed E-state index contributed by atoms with van der Waals surface area (Å²) in [6.07, 6.45) is 1.53. The van der Waals surface area contributed by atoms with E-state index in [1.54, 1.807) is 29.2 Å². The summed E-state index contributed by atoms with van der Waals surface area (Å²) in [6, 6.07) is 21.4. The Balaban J connectivity index is 1.54. The van der Waals surface area contributed by atoms with Gasteiger partial charge in [0, 0.05) is 12.2 Å². The fraction of sp³-hybridized carbons (Fsp3) is 0.115. The molecule has 0 radical (unpaired) electrons. The van der Waals surface area contributed by atoms with E-state index in [0.29, 0.717) is 17.0 Å². The Morgan fingerprint density at radius 3 is 2.46 bits per heavy atom. The number of anilines is 1. The number of aryl methyl sites for hydroxylation is 1. The molecule has 4 rings (SSSR count). The first-order valence-corrected chi connectivity index (χ1v) is 12.1. The minimum Gasteiger partial charge on any atom is -0.467 e. The predicted octanol–water partition coefficient (Wildman–Crippen LogP) is 5.73. The molecule has 3 aromatic carbocycles. The van der Waals surface area contributed by atoms with Crippen molar-refractivity contribution in [3.8, 4) is 5.75 Å². The van der Waals surface area contributed by atoms with Gasteiger partial charge in [0.15, 0.2) is 0 Å². The molecule has 4 aromatic rings. The first-order chi connectivity index (χ1) is 16.8. The number of carbonyl (C=O) groups is 1. The van der Waals surface area contributed by atoms with Gasteiger partial charge in [0.25, 0.3) is 0 Å². The van der Waals surface area contributed by atoms with Crippen molar-refractivity contribution in [3.63, 3.8) is 0 Å². The molecule has 0 aliphatic rings. The van der Waals surface area contributed by atoms with Crippen molar-refractivity contribution >= 4 is 21.8 Å². The molecule has 1 aromatic heterocycles. The zero-order chi connectivity index (χ0) is 24.8. The van der Waals surface area contributed by atoms with Crippen molar-refractivity contribution < 1.29 is 26.2 Å². The fourth-order valence-corrected chi connectivity index (χ4v) is 4.31. The first-order valence-electron chi connectivity index (χ1n) is 10.7. The Bertz CT molecular complexity index is 1400. The second kappa shape index (κ2) is 10.4. The van der Waals surface area contributed by atoms with Gasteiger partial charge < -0.3 is 18.8 Å². The number of amides is 2. The van der Waals surface area contributed by atoms with E-state index in [-0.39, 0.29) is 29.8 Å². The van der Waals surface area contributed by atoms with Gasteiger partial charge in [-0.3, -0.25) is 0 Å². The Hall–Kier alpha value is -4.11. The molecule has 0 bridgehead atoms. The van der Waals surface area contributed by atoms with E-state index in [1.807, 2.05) is 31.2 Å². The highest BCUT2D eigenvalue weighted by atomic mass is 32.2. The van der Waals surface area contributed by atoms with Crippen LogP contribution in [0.15, 0.2) is 101 Å². The minimum atomic E-state index is -4.15. The average Bonchev–Trinajstić information content (AvgIpc) is 3.33. The van der Waals surface area contributed by atoms with Gasteiger partial charge in [-0.25, -0.2) is 9.18 Å². The molecule has 0 saturated carbocycles. The highest BCUT2D eigenvalue weighted by molar-refractivity contribution is 7.87. The Morgan fingerprint density at radius 1 is 0.971 bits per heavy atom. The lowest BCUT2D eigenvalue weighted by Crippen LogP contribution is -2.34. The van der Waals surface area contributed by atoms with E-state index in [4.69, 9.17) is 8.60 Å². The van der Waals surface area contributed by atoms with Gasteiger partial charge in [-0.1, -0.05) is 30.3 Å². The summed E-state index contributed by atoms with van der Waals surface area (Å²) in [7, 11) is -4.15. The summed E-state index contributed by atoms with van der Waals surface area (Å²) in [5, 5.41) is 2.91. The molecule has 0 saturated heterocycles. The molecule has 7 nitrogen and oxygen atoms in total. The van der Waals surface area contributed by atoms with Gasteiger partial charge in [-0.05, 0) is 72.6 Å². The van der Waals surface area contributed by atoms with Gasteiger partial charge >= 0.3 is 16.1 Å². The lowest BCUT2D eigenvalue weighted by molar-refractivity contribution is 0.201. The third kappa shape index (κ3) is 6.27. The van der Waals surface area contributed by atoms with Crippen molar-refractivity contribution in [3.05, 3.63) is 114 Å². The number of nitrogens with one attached hydrogen (secondary N) is 1. The molecule has 9 heteroatoms. The minimum absolute atomic E-state index is 0.0732. The second-order valence-corrected chi connectivity index (χ2v) is 9.37. The van der Waals surface area contributed by atoms with Crippen molar-refractivity contribution in [2.45, 2.75) is 24.9 Å². The number of nitrogens with zero attached hydrogens (tertiary/aromatic N) is 1. The number of rotatable bonds is 8. The quantitative estimate of drug-likeness (QED) is 0.316. The van der Waals surface area contributed by atoms with Crippen LogP contribution in [0.25, 0.3) is 0 Å². The average molecular weight is 495 g/mol. The molecule has 0 fully saturated rings. The van der Waals surface area contributed by atoms with Gasteiger partial charge in [0.05, 0.1) is 12.8 Å². The normalized spacial score (nSPS) is 11.1. The third-order valence-electron chi connectivity index (χ3n) is 5.18. The number of hydrogen-bond donors (Lipinski definition) is 1. The summed E-state index contributed by atoms with van der Waals surface area (Å²) in [4.78, 5) is 14.5. The van der Waals surface area contributed by atoms with Crippen LogP contribution in [-0.2, 0) is 23.2 Å². The summed E-state index contributed by atoms with van der Waals surface area (Å²) in [5.41, 5.74) is 2.24. The van der Waals surface area contributed by atoms with Gasteiger partial charge in [0.1, 0.15) is 22.2 Å². The topological polar surface area (TPSA) is 88.9 Å². The predicted molar refractivity (Wildman–Crippen MR) is 129 cm³/mol.